The summed E-state index contributed by atoms with van der Waals surface area (Å²) in [5.41, 5.74) is 1.85. The van der Waals surface area contributed by atoms with Crippen molar-refractivity contribution >= 4 is 28.9 Å². The first-order chi connectivity index (χ1) is 13.0. The molecule has 0 aliphatic rings. The number of aryl methyl sites for hydroxylation is 2. The molecule has 0 spiro atoms. The summed E-state index contributed by atoms with van der Waals surface area (Å²) in [6.07, 6.45) is 0. The molecule has 0 saturated carbocycles. The van der Waals surface area contributed by atoms with Gasteiger partial charge in [0.25, 0.3) is 0 Å². The molecule has 0 radical (unpaired) electrons. The number of nitrogens with one attached hydrogen (secondary N) is 2. The summed E-state index contributed by atoms with van der Waals surface area (Å²) in [6.45, 7) is 7.74. The molecule has 3 aromatic rings. The number of hydrogen-bond donors (Lipinski definition) is 2. The van der Waals surface area contributed by atoms with Crippen molar-refractivity contribution in [3.8, 4) is 11.4 Å². The van der Waals surface area contributed by atoms with Gasteiger partial charge in [0.05, 0.1) is 17.2 Å². The lowest BCUT2D eigenvalue weighted by Crippen LogP contribution is -2.36. The third kappa shape index (κ3) is 5.27. The Balaban J connectivity index is 1.65. The molecule has 1 aromatic carbocycles. The monoisotopic (exact) mass is 404 g/mol. The minimum atomic E-state index is 0.281. The van der Waals surface area contributed by atoms with E-state index >= 15 is 0 Å². The number of aromatic nitrogens is 3. The summed E-state index contributed by atoms with van der Waals surface area (Å²) in [5, 5.41) is 12.2. The number of nitrogens with zero attached hydrogens (tertiary/aromatic N) is 4. The van der Waals surface area contributed by atoms with Crippen LogP contribution in [-0.2, 0) is 13.1 Å². The second-order valence-corrected chi connectivity index (χ2v) is 7.54. The Kier molecular flexibility index (Phi) is 6.41. The molecule has 0 atom stereocenters. The fourth-order valence-corrected chi connectivity index (χ4v) is 3.52. The summed E-state index contributed by atoms with van der Waals surface area (Å²) in [5.74, 6) is 1.62. The highest BCUT2D eigenvalue weighted by atomic mass is 35.5. The number of halogens is 1. The molecule has 0 unspecified atom stereocenters. The highest BCUT2D eigenvalue weighted by molar-refractivity contribution is 7.11. The van der Waals surface area contributed by atoms with Crippen molar-refractivity contribution in [2.45, 2.75) is 33.9 Å². The summed E-state index contributed by atoms with van der Waals surface area (Å²) in [4.78, 5) is 14.5. The Morgan fingerprint density at radius 2 is 2.11 bits per heavy atom. The Morgan fingerprint density at radius 3 is 2.81 bits per heavy atom. The maximum absolute atomic E-state index is 6.01. The molecule has 2 aromatic heterocycles. The molecular formula is C18H21ClN6OS. The first-order valence-electron chi connectivity index (χ1n) is 8.58. The van der Waals surface area contributed by atoms with Crippen molar-refractivity contribution in [2.24, 2.45) is 4.99 Å². The van der Waals surface area contributed by atoms with Crippen molar-refractivity contribution in [1.29, 1.82) is 0 Å². The second kappa shape index (κ2) is 8.96. The summed E-state index contributed by atoms with van der Waals surface area (Å²) < 4.78 is 5.30. The minimum absolute atomic E-state index is 0.281. The van der Waals surface area contributed by atoms with Gasteiger partial charge in [0, 0.05) is 22.0 Å². The molecule has 0 amide bonds. The van der Waals surface area contributed by atoms with Gasteiger partial charge in [-0.25, -0.2) is 9.98 Å². The quantitative estimate of drug-likeness (QED) is 0.481. The highest BCUT2D eigenvalue weighted by Gasteiger charge is 2.10. The molecule has 7 nitrogen and oxygen atoms in total. The first kappa shape index (κ1) is 19.3. The van der Waals surface area contributed by atoms with Gasteiger partial charge < -0.3 is 15.2 Å². The standard InChI is InChI=1S/C18H21ClN6OS/c1-4-20-18(21-9-15-11(2)23-12(3)27-15)22-10-16-24-17(25-26-16)13-6-5-7-14(19)8-13/h5-8H,4,9-10H2,1-3H3,(H2,20,21,22). The van der Waals surface area contributed by atoms with Gasteiger partial charge in [-0.2, -0.15) is 4.98 Å². The van der Waals surface area contributed by atoms with Crippen LogP contribution in [0.2, 0.25) is 5.02 Å². The zero-order valence-corrected chi connectivity index (χ0v) is 17.0. The SMILES string of the molecule is CCNC(=NCc1nc(-c2cccc(Cl)c2)no1)NCc1sc(C)nc1C. The molecule has 0 saturated heterocycles. The predicted molar refractivity (Wildman–Crippen MR) is 108 cm³/mol. The van der Waals surface area contributed by atoms with Crippen LogP contribution in [0.3, 0.4) is 0 Å². The predicted octanol–water partition coefficient (Wildman–Crippen LogP) is 3.72. The van der Waals surface area contributed by atoms with Crippen LogP contribution >= 0.6 is 22.9 Å². The lowest BCUT2D eigenvalue weighted by Gasteiger charge is -2.10. The van der Waals surface area contributed by atoms with E-state index in [1.54, 1.807) is 23.5 Å². The molecule has 0 fully saturated rings. The van der Waals surface area contributed by atoms with E-state index in [0.717, 1.165) is 22.8 Å². The second-order valence-electron chi connectivity index (χ2n) is 5.81. The zero-order chi connectivity index (χ0) is 19.2. The third-order valence-corrected chi connectivity index (χ3v) is 4.99. The van der Waals surface area contributed by atoms with Crippen LogP contribution in [0.4, 0.5) is 0 Å². The van der Waals surface area contributed by atoms with Crippen LogP contribution in [0.5, 0.6) is 0 Å². The largest absolute Gasteiger partial charge is 0.357 e. The minimum Gasteiger partial charge on any atom is -0.357 e. The van der Waals surface area contributed by atoms with Crippen LogP contribution in [0.15, 0.2) is 33.8 Å². The zero-order valence-electron chi connectivity index (χ0n) is 15.4. The first-order valence-corrected chi connectivity index (χ1v) is 9.78. The molecule has 9 heteroatoms. The number of hydrogen-bond acceptors (Lipinski definition) is 6. The van der Waals surface area contributed by atoms with E-state index in [0.29, 0.717) is 29.2 Å². The lowest BCUT2D eigenvalue weighted by atomic mass is 10.2. The number of thiazole rings is 1. The maximum Gasteiger partial charge on any atom is 0.248 e. The van der Waals surface area contributed by atoms with E-state index < -0.39 is 0 Å². The Bertz CT molecular complexity index is 936. The average Bonchev–Trinajstić information content (AvgIpc) is 3.23. The van der Waals surface area contributed by atoms with Crippen LogP contribution in [0, 0.1) is 13.8 Å². The van der Waals surface area contributed by atoms with Crippen molar-refractivity contribution < 1.29 is 4.52 Å². The van der Waals surface area contributed by atoms with Gasteiger partial charge in [0.1, 0.15) is 6.54 Å². The number of aliphatic imine (C=N–C) groups is 1. The summed E-state index contributed by atoms with van der Waals surface area (Å²) in [7, 11) is 0. The van der Waals surface area contributed by atoms with Crippen LogP contribution in [0.25, 0.3) is 11.4 Å². The van der Waals surface area contributed by atoms with Crippen molar-refractivity contribution in [2.75, 3.05) is 6.54 Å². The fourth-order valence-electron chi connectivity index (χ4n) is 2.45. The van der Waals surface area contributed by atoms with E-state index in [2.05, 4.69) is 30.8 Å². The van der Waals surface area contributed by atoms with E-state index in [9.17, 15) is 0 Å². The smallest absolute Gasteiger partial charge is 0.248 e. The normalized spacial score (nSPS) is 11.6. The van der Waals surface area contributed by atoms with Gasteiger partial charge in [-0.3, -0.25) is 0 Å². The lowest BCUT2D eigenvalue weighted by molar-refractivity contribution is 0.380. The molecule has 2 N–H and O–H groups in total. The molecule has 142 valence electrons. The molecule has 3 rings (SSSR count). The molecule has 0 aliphatic carbocycles. The summed E-state index contributed by atoms with van der Waals surface area (Å²) in [6, 6.07) is 7.33. The van der Waals surface area contributed by atoms with Crippen LogP contribution < -0.4 is 10.6 Å². The number of benzene rings is 1. The number of guanidine groups is 1. The average molecular weight is 405 g/mol. The Labute approximate surface area is 166 Å². The van der Waals surface area contributed by atoms with Crippen molar-refractivity contribution in [1.82, 2.24) is 25.8 Å². The molecule has 0 aliphatic heterocycles. The number of rotatable bonds is 6. The van der Waals surface area contributed by atoms with E-state index in [1.165, 1.54) is 4.88 Å². The van der Waals surface area contributed by atoms with Gasteiger partial charge in [-0.1, -0.05) is 28.9 Å². The van der Waals surface area contributed by atoms with E-state index in [-0.39, 0.29) is 6.54 Å². The van der Waals surface area contributed by atoms with Gasteiger partial charge in [0.15, 0.2) is 5.96 Å². The third-order valence-electron chi connectivity index (χ3n) is 3.68. The summed E-state index contributed by atoms with van der Waals surface area (Å²) >= 11 is 7.69. The van der Waals surface area contributed by atoms with Gasteiger partial charge in [-0.05, 0) is 32.9 Å². The Hall–Kier alpha value is -2.45. The highest BCUT2D eigenvalue weighted by Crippen LogP contribution is 2.20. The molecule has 0 bridgehead atoms. The topological polar surface area (TPSA) is 88.2 Å². The maximum atomic E-state index is 6.01. The van der Waals surface area contributed by atoms with Gasteiger partial charge >= 0.3 is 0 Å². The fraction of sp³-hybridized carbons (Fsp3) is 0.333. The van der Waals surface area contributed by atoms with E-state index in [4.69, 9.17) is 16.1 Å². The van der Waals surface area contributed by atoms with Gasteiger partial charge in [-0.15, -0.1) is 11.3 Å². The van der Waals surface area contributed by atoms with E-state index in [1.807, 2.05) is 32.9 Å². The Morgan fingerprint density at radius 1 is 1.26 bits per heavy atom. The molecule has 2 heterocycles. The van der Waals surface area contributed by atoms with Crippen LogP contribution in [-0.4, -0.2) is 27.6 Å². The van der Waals surface area contributed by atoms with Crippen molar-refractivity contribution in [3.05, 3.63) is 50.8 Å². The van der Waals surface area contributed by atoms with Crippen LogP contribution in [0.1, 0.15) is 28.4 Å². The molecule has 27 heavy (non-hydrogen) atoms. The van der Waals surface area contributed by atoms with Crippen molar-refractivity contribution in [3.63, 3.8) is 0 Å². The molecular weight excluding hydrogens is 384 g/mol. The van der Waals surface area contributed by atoms with Gasteiger partial charge in [0.2, 0.25) is 11.7 Å².